The van der Waals surface area contributed by atoms with Crippen LogP contribution in [0.4, 0.5) is 0 Å². The maximum absolute atomic E-state index is 13.0. The second-order valence-electron chi connectivity index (χ2n) is 7.15. The van der Waals surface area contributed by atoms with Gasteiger partial charge in [0, 0.05) is 39.3 Å². The number of amides is 2. The summed E-state index contributed by atoms with van der Waals surface area (Å²) in [6.45, 7) is 12.7. The zero-order valence-electron chi connectivity index (χ0n) is 17.1. The van der Waals surface area contributed by atoms with E-state index in [0.717, 1.165) is 26.1 Å². The molecule has 1 aromatic rings. The predicted octanol–water partition coefficient (Wildman–Crippen LogP) is 2.49. The lowest BCUT2D eigenvalue weighted by atomic mass is 10.1. The van der Waals surface area contributed by atoms with Crippen molar-refractivity contribution >= 4 is 11.8 Å². The fourth-order valence-corrected chi connectivity index (χ4v) is 3.37. The highest BCUT2D eigenvalue weighted by molar-refractivity contribution is 5.97. The van der Waals surface area contributed by atoms with Gasteiger partial charge in [-0.15, -0.1) is 0 Å². The van der Waals surface area contributed by atoms with Crippen molar-refractivity contribution in [3.05, 3.63) is 29.8 Å². The molecular formula is C21H33N3O3. The van der Waals surface area contributed by atoms with Crippen LogP contribution in [0.15, 0.2) is 24.3 Å². The first-order valence-electron chi connectivity index (χ1n) is 10.0. The van der Waals surface area contributed by atoms with Gasteiger partial charge in [0.25, 0.3) is 5.91 Å². The van der Waals surface area contributed by atoms with Crippen molar-refractivity contribution in [1.29, 1.82) is 0 Å². The van der Waals surface area contributed by atoms with Crippen LogP contribution in [-0.4, -0.2) is 78.4 Å². The Morgan fingerprint density at radius 3 is 2.44 bits per heavy atom. The minimum Gasteiger partial charge on any atom is -0.490 e. The fraction of sp³-hybridized carbons (Fsp3) is 0.619. The van der Waals surface area contributed by atoms with Crippen molar-refractivity contribution in [3.8, 4) is 5.75 Å². The maximum atomic E-state index is 13.0. The lowest BCUT2D eigenvalue weighted by Gasteiger charge is -2.25. The van der Waals surface area contributed by atoms with Gasteiger partial charge in [-0.05, 0) is 46.2 Å². The van der Waals surface area contributed by atoms with Gasteiger partial charge in [-0.1, -0.05) is 12.1 Å². The molecule has 0 spiro atoms. The van der Waals surface area contributed by atoms with Crippen LogP contribution in [0.3, 0.4) is 0 Å². The summed E-state index contributed by atoms with van der Waals surface area (Å²) in [4.78, 5) is 31.3. The van der Waals surface area contributed by atoms with Crippen LogP contribution in [-0.2, 0) is 4.79 Å². The van der Waals surface area contributed by atoms with Crippen LogP contribution in [0.1, 0.15) is 44.5 Å². The van der Waals surface area contributed by atoms with Crippen molar-refractivity contribution in [1.82, 2.24) is 14.7 Å². The minimum atomic E-state index is 0.00293. The molecule has 0 aromatic heterocycles. The highest BCUT2D eigenvalue weighted by Crippen LogP contribution is 2.22. The predicted molar refractivity (Wildman–Crippen MR) is 107 cm³/mol. The molecule has 1 aliphatic heterocycles. The Balaban J connectivity index is 2.00. The summed E-state index contributed by atoms with van der Waals surface area (Å²) < 4.78 is 5.81. The lowest BCUT2D eigenvalue weighted by molar-refractivity contribution is -0.132. The number of hydrogen-bond acceptors (Lipinski definition) is 4. The van der Waals surface area contributed by atoms with E-state index in [-0.39, 0.29) is 17.9 Å². The molecule has 1 aromatic carbocycles. The number of hydrogen-bond donors (Lipinski definition) is 0. The highest BCUT2D eigenvalue weighted by Gasteiger charge is 2.24. The van der Waals surface area contributed by atoms with Crippen molar-refractivity contribution in [2.75, 3.05) is 45.8 Å². The third kappa shape index (κ3) is 5.96. The molecule has 1 saturated heterocycles. The molecule has 0 unspecified atom stereocenters. The number of carbonyl (C=O) groups is 2. The number of ether oxygens (including phenoxy) is 1. The van der Waals surface area contributed by atoms with E-state index in [1.807, 2.05) is 61.8 Å². The molecule has 0 bridgehead atoms. The Hall–Kier alpha value is -2.08. The highest BCUT2D eigenvalue weighted by atomic mass is 16.5. The van der Waals surface area contributed by atoms with E-state index in [1.54, 1.807) is 0 Å². The molecule has 6 nitrogen and oxygen atoms in total. The zero-order valence-corrected chi connectivity index (χ0v) is 17.1. The van der Waals surface area contributed by atoms with E-state index in [9.17, 15) is 9.59 Å². The molecule has 2 amide bonds. The lowest BCUT2D eigenvalue weighted by Crippen LogP contribution is -2.42. The van der Waals surface area contributed by atoms with E-state index in [2.05, 4.69) is 4.90 Å². The van der Waals surface area contributed by atoms with E-state index >= 15 is 0 Å². The van der Waals surface area contributed by atoms with E-state index in [1.165, 1.54) is 0 Å². The first kappa shape index (κ1) is 21.2. The van der Waals surface area contributed by atoms with Crippen LogP contribution in [0.5, 0.6) is 5.75 Å². The second-order valence-corrected chi connectivity index (χ2v) is 7.15. The van der Waals surface area contributed by atoms with Gasteiger partial charge in [-0.3, -0.25) is 14.5 Å². The van der Waals surface area contributed by atoms with Crippen LogP contribution < -0.4 is 4.74 Å². The largest absolute Gasteiger partial charge is 0.490 e. The quantitative estimate of drug-likeness (QED) is 0.735. The van der Waals surface area contributed by atoms with Gasteiger partial charge >= 0.3 is 0 Å². The van der Waals surface area contributed by atoms with Gasteiger partial charge in [-0.25, -0.2) is 0 Å². The molecule has 150 valence electrons. The Bertz CT molecular complexity index is 629. The topological polar surface area (TPSA) is 53.1 Å². The zero-order chi connectivity index (χ0) is 19.8. The monoisotopic (exact) mass is 375 g/mol. The van der Waals surface area contributed by atoms with Crippen LogP contribution in [0.2, 0.25) is 0 Å². The molecule has 2 rings (SSSR count). The third-order valence-corrected chi connectivity index (χ3v) is 4.83. The fourth-order valence-electron chi connectivity index (χ4n) is 3.37. The Morgan fingerprint density at radius 2 is 1.78 bits per heavy atom. The molecule has 0 atom stereocenters. The number of carbonyl (C=O) groups excluding carboxylic acids is 2. The average molecular weight is 376 g/mol. The van der Waals surface area contributed by atoms with Crippen LogP contribution in [0.25, 0.3) is 0 Å². The Labute approximate surface area is 163 Å². The standard InChI is InChI=1S/C21H33N3O3/c1-5-23(6-2)20(25)16-22-12-9-13-24(15-14-22)21(26)18-10-7-8-11-19(18)27-17(3)4/h7-8,10-11,17H,5-6,9,12-16H2,1-4H3. The van der Waals surface area contributed by atoms with Crippen molar-refractivity contribution in [2.24, 2.45) is 0 Å². The van der Waals surface area contributed by atoms with Crippen molar-refractivity contribution < 1.29 is 14.3 Å². The summed E-state index contributed by atoms with van der Waals surface area (Å²) in [6.07, 6.45) is 0.884. The summed E-state index contributed by atoms with van der Waals surface area (Å²) in [5.41, 5.74) is 0.610. The number of para-hydroxylation sites is 1. The first-order valence-corrected chi connectivity index (χ1v) is 10.0. The summed E-state index contributed by atoms with van der Waals surface area (Å²) in [5.74, 6) is 0.800. The SMILES string of the molecule is CCN(CC)C(=O)CN1CCCN(C(=O)c2ccccc2OC(C)C)CC1. The van der Waals surface area contributed by atoms with Crippen LogP contribution in [0, 0.1) is 0 Å². The molecule has 0 saturated carbocycles. The normalized spacial score (nSPS) is 15.5. The van der Waals surface area contributed by atoms with Crippen LogP contribution >= 0.6 is 0 Å². The molecule has 0 aliphatic carbocycles. The molecule has 27 heavy (non-hydrogen) atoms. The van der Waals surface area contributed by atoms with Gasteiger partial charge in [0.05, 0.1) is 18.2 Å². The molecule has 1 fully saturated rings. The second kappa shape index (κ2) is 10.3. The summed E-state index contributed by atoms with van der Waals surface area (Å²) >= 11 is 0. The number of nitrogens with zero attached hydrogens (tertiary/aromatic N) is 3. The van der Waals surface area contributed by atoms with E-state index < -0.39 is 0 Å². The van der Waals surface area contributed by atoms with Gasteiger partial charge in [-0.2, -0.15) is 0 Å². The van der Waals surface area contributed by atoms with E-state index in [0.29, 0.717) is 37.5 Å². The van der Waals surface area contributed by atoms with E-state index in [4.69, 9.17) is 4.74 Å². The summed E-state index contributed by atoms with van der Waals surface area (Å²) in [7, 11) is 0. The summed E-state index contributed by atoms with van der Waals surface area (Å²) in [6, 6.07) is 7.43. The van der Waals surface area contributed by atoms with Crippen molar-refractivity contribution in [3.63, 3.8) is 0 Å². The smallest absolute Gasteiger partial charge is 0.257 e. The van der Waals surface area contributed by atoms with Crippen molar-refractivity contribution in [2.45, 2.75) is 40.2 Å². The molecule has 1 aliphatic rings. The molecule has 0 N–H and O–H groups in total. The maximum Gasteiger partial charge on any atom is 0.257 e. The minimum absolute atomic E-state index is 0.00293. The van der Waals surface area contributed by atoms with Gasteiger partial charge in [0.1, 0.15) is 5.75 Å². The molecule has 1 heterocycles. The molecular weight excluding hydrogens is 342 g/mol. The third-order valence-electron chi connectivity index (χ3n) is 4.83. The molecule has 0 radical (unpaired) electrons. The molecule has 6 heteroatoms. The average Bonchev–Trinajstić information content (AvgIpc) is 2.88. The number of benzene rings is 1. The Kier molecular flexibility index (Phi) is 8.10. The summed E-state index contributed by atoms with van der Waals surface area (Å²) in [5, 5.41) is 0. The van der Waals surface area contributed by atoms with Gasteiger partial charge < -0.3 is 14.5 Å². The van der Waals surface area contributed by atoms with Gasteiger partial charge in [0.15, 0.2) is 0 Å². The van der Waals surface area contributed by atoms with Gasteiger partial charge in [0.2, 0.25) is 5.91 Å². The number of likely N-dealkylation sites (N-methyl/N-ethyl adjacent to an activating group) is 1. The first-order chi connectivity index (χ1) is 13.0. The Morgan fingerprint density at radius 1 is 1.07 bits per heavy atom. The number of rotatable bonds is 7.